The van der Waals surface area contributed by atoms with Crippen LogP contribution in [0.1, 0.15) is 43.2 Å². The van der Waals surface area contributed by atoms with Gasteiger partial charge < -0.3 is 10.1 Å². The summed E-state index contributed by atoms with van der Waals surface area (Å²) in [4.78, 5) is 29.9. The third-order valence-corrected chi connectivity index (χ3v) is 5.67. The summed E-state index contributed by atoms with van der Waals surface area (Å²) in [7, 11) is 0. The summed E-state index contributed by atoms with van der Waals surface area (Å²) in [6.45, 7) is 1.76. The molecule has 0 amide bonds. The maximum atomic E-state index is 15.0. The maximum absolute atomic E-state index is 15.0. The number of hydrogen-bond acceptors (Lipinski definition) is 5. The largest absolute Gasteiger partial charge is 0.457 e. The van der Waals surface area contributed by atoms with Crippen molar-refractivity contribution in [3.8, 4) is 0 Å². The van der Waals surface area contributed by atoms with Gasteiger partial charge in [-0.2, -0.15) is 0 Å². The molecule has 0 fully saturated rings. The summed E-state index contributed by atoms with van der Waals surface area (Å²) in [6, 6.07) is 8.16. The Balaban J connectivity index is 1.76. The molecule has 1 unspecified atom stereocenters. The molecular weight excluding hydrogens is 407 g/mol. The fourth-order valence-corrected chi connectivity index (χ4v) is 4.20. The van der Waals surface area contributed by atoms with E-state index in [9.17, 15) is 9.59 Å². The van der Waals surface area contributed by atoms with Gasteiger partial charge in [0.25, 0.3) is 0 Å². The fourth-order valence-electron chi connectivity index (χ4n) is 4.02. The summed E-state index contributed by atoms with van der Waals surface area (Å²) in [5, 5.41) is 3.12. The highest BCUT2D eigenvalue weighted by Gasteiger charge is 2.40. The van der Waals surface area contributed by atoms with Gasteiger partial charge in [0.15, 0.2) is 5.78 Å². The highest BCUT2D eigenvalue weighted by Crippen LogP contribution is 2.44. The highest BCUT2D eigenvalue weighted by atomic mass is 35.5. The van der Waals surface area contributed by atoms with Crippen LogP contribution in [0.25, 0.3) is 0 Å². The zero-order chi connectivity index (χ0) is 21.3. The maximum Gasteiger partial charge on any atom is 0.337 e. The van der Waals surface area contributed by atoms with E-state index in [2.05, 4.69) is 10.3 Å². The van der Waals surface area contributed by atoms with Crippen LogP contribution in [0.5, 0.6) is 0 Å². The molecule has 2 aromatic rings. The van der Waals surface area contributed by atoms with Gasteiger partial charge in [0.1, 0.15) is 12.4 Å². The summed E-state index contributed by atoms with van der Waals surface area (Å²) >= 11 is 6.02. The monoisotopic (exact) mass is 426 g/mol. The van der Waals surface area contributed by atoms with Gasteiger partial charge in [0.2, 0.25) is 0 Å². The van der Waals surface area contributed by atoms with Gasteiger partial charge in [-0.1, -0.05) is 29.8 Å². The number of carbonyl (C=O) groups excluding carboxylic acids is 2. The average molecular weight is 427 g/mol. The van der Waals surface area contributed by atoms with Gasteiger partial charge in [-0.3, -0.25) is 9.78 Å². The molecule has 0 saturated carbocycles. The van der Waals surface area contributed by atoms with Crippen LogP contribution < -0.4 is 5.32 Å². The van der Waals surface area contributed by atoms with Crippen molar-refractivity contribution >= 4 is 23.4 Å². The standard InChI is InChI=1S/C23H20ClFN2O3/c1-13-19(23(29)30-12-14-5-4-10-26-11-14)20(15-6-2-7-16(24)22(15)25)21-17(27-13)8-3-9-18(21)28/h2,4-7,10-11,20,27H,3,8-9,12H2,1H3. The Morgan fingerprint density at radius 3 is 2.90 bits per heavy atom. The van der Waals surface area contributed by atoms with Crippen LogP contribution in [0.2, 0.25) is 5.02 Å². The molecule has 1 aliphatic heterocycles. The molecule has 4 rings (SSSR count). The lowest BCUT2D eigenvalue weighted by atomic mass is 9.75. The number of ether oxygens (including phenoxy) is 1. The third-order valence-electron chi connectivity index (χ3n) is 5.38. The number of dihydropyridines is 1. The number of hydrogen-bond donors (Lipinski definition) is 1. The minimum atomic E-state index is -0.867. The van der Waals surface area contributed by atoms with Crippen LogP contribution >= 0.6 is 11.6 Å². The number of nitrogens with zero attached hydrogens (tertiary/aromatic N) is 1. The van der Waals surface area contributed by atoms with Crippen LogP contribution in [0.15, 0.2) is 65.3 Å². The first-order chi connectivity index (χ1) is 14.5. The molecular formula is C23H20ClFN2O3. The van der Waals surface area contributed by atoms with Crippen LogP contribution in [0, 0.1) is 5.82 Å². The number of allylic oxidation sites excluding steroid dienone is 3. The first-order valence-electron chi connectivity index (χ1n) is 9.71. The van der Waals surface area contributed by atoms with Crippen LogP contribution in [-0.2, 0) is 20.9 Å². The number of rotatable bonds is 4. The first kappa shape index (κ1) is 20.3. The molecule has 2 heterocycles. The number of carbonyl (C=O) groups is 2. The molecule has 1 atom stereocenters. The number of nitrogens with one attached hydrogen (secondary N) is 1. The van der Waals surface area contributed by atoms with Crippen LogP contribution in [0.3, 0.4) is 0 Å². The second kappa shape index (κ2) is 8.40. The number of esters is 1. The lowest BCUT2D eigenvalue weighted by molar-refractivity contribution is -0.140. The Morgan fingerprint density at radius 1 is 1.30 bits per heavy atom. The molecule has 30 heavy (non-hydrogen) atoms. The van der Waals surface area contributed by atoms with Crippen LogP contribution in [-0.4, -0.2) is 16.7 Å². The molecule has 7 heteroatoms. The van der Waals surface area contributed by atoms with E-state index in [-0.39, 0.29) is 28.5 Å². The van der Waals surface area contributed by atoms with Crippen molar-refractivity contribution in [1.82, 2.24) is 10.3 Å². The smallest absolute Gasteiger partial charge is 0.337 e. The van der Waals surface area contributed by atoms with Crippen molar-refractivity contribution in [3.63, 3.8) is 0 Å². The zero-order valence-corrected chi connectivity index (χ0v) is 17.1. The van der Waals surface area contributed by atoms with E-state index in [4.69, 9.17) is 16.3 Å². The van der Waals surface area contributed by atoms with Crippen molar-refractivity contribution in [3.05, 3.63) is 87.2 Å². The van der Waals surface area contributed by atoms with Crippen molar-refractivity contribution < 1.29 is 18.7 Å². The van der Waals surface area contributed by atoms with Crippen LogP contribution in [0.4, 0.5) is 4.39 Å². The topological polar surface area (TPSA) is 68.3 Å². The number of halogens is 2. The minimum absolute atomic E-state index is 0.0219. The molecule has 1 aromatic carbocycles. The summed E-state index contributed by atoms with van der Waals surface area (Å²) in [5.74, 6) is -2.22. The lowest BCUT2D eigenvalue weighted by Crippen LogP contribution is -2.34. The molecule has 0 spiro atoms. The molecule has 1 N–H and O–H groups in total. The Morgan fingerprint density at radius 2 is 2.13 bits per heavy atom. The van der Waals surface area contributed by atoms with E-state index in [1.807, 2.05) is 0 Å². The molecule has 1 aromatic heterocycles. The van der Waals surface area contributed by atoms with Crippen molar-refractivity contribution in [2.24, 2.45) is 0 Å². The average Bonchev–Trinajstić information content (AvgIpc) is 2.74. The number of Topliss-reactive ketones (excluding diaryl/α,β-unsaturated/α-hetero) is 1. The molecule has 2 aliphatic rings. The normalized spacial score (nSPS) is 18.8. The zero-order valence-electron chi connectivity index (χ0n) is 16.4. The molecule has 0 bridgehead atoms. The van der Waals surface area contributed by atoms with E-state index in [0.29, 0.717) is 30.5 Å². The summed E-state index contributed by atoms with van der Waals surface area (Å²) < 4.78 is 20.5. The van der Waals surface area contributed by atoms with E-state index in [0.717, 1.165) is 11.3 Å². The second-order valence-corrected chi connectivity index (χ2v) is 7.75. The molecule has 154 valence electrons. The van der Waals surface area contributed by atoms with Crippen molar-refractivity contribution in [2.75, 3.05) is 0 Å². The SMILES string of the molecule is CC1=C(C(=O)OCc2cccnc2)C(c2cccc(Cl)c2F)C2=C(CCCC2=O)N1. The van der Waals surface area contributed by atoms with Crippen molar-refractivity contribution in [2.45, 2.75) is 38.7 Å². The molecule has 0 saturated heterocycles. The number of ketones is 1. The van der Waals surface area contributed by atoms with Gasteiger partial charge in [-0.15, -0.1) is 0 Å². The van der Waals surface area contributed by atoms with E-state index in [1.54, 1.807) is 43.6 Å². The first-order valence-corrected chi connectivity index (χ1v) is 10.1. The summed E-state index contributed by atoms with van der Waals surface area (Å²) in [6.07, 6.45) is 4.96. The fraction of sp³-hybridized carbons (Fsp3) is 0.261. The highest BCUT2D eigenvalue weighted by molar-refractivity contribution is 6.30. The number of benzene rings is 1. The Labute approximate surface area is 178 Å². The molecule has 0 radical (unpaired) electrons. The number of aromatic nitrogens is 1. The Hall–Kier alpha value is -2.99. The quantitative estimate of drug-likeness (QED) is 0.724. The van der Waals surface area contributed by atoms with E-state index >= 15 is 4.39 Å². The van der Waals surface area contributed by atoms with Gasteiger partial charge in [-0.05, 0) is 31.9 Å². The predicted molar refractivity (Wildman–Crippen MR) is 110 cm³/mol. The predicted octanol–water partition coefficient (Wildman–Crippen LogP) is 4.59. The molecule has 1 aliphatic carbocycles. The van der Waals surface area contributed by atoms with Gasteiger partial charge >= 0.3 is 5.97 Å². The minimum Gasteiger partial charge on any atom is -0.457 e. The lowest BCUT2D eigenvalue weighted by Gasteiger charge is -2.34. The second-order valence-electron chi connectivity index (χ2n) is 7.35. The van der Waals surface area contributed by atoms with Gasteiger partial charge in [0, 0.05) is 46.9 Å². The molecule has 5 nitrogen and oxygen atoms in total. The summed E-state index contributed by atoms with van der Waals surface area (Å²) in [5.41, 5.74) is 2.84. The van der Waals surface area contributed by atoms with Gasteiger partial charge in [0.05, 0.1) is 16.5 Å². The Bertz CT molecular complexity index is 1080. The Kier molecular flexibility index (Phi) is 5.68. The third kappa shape index (κ3) is 3.75. The van der Waals surface area contributed by atoms with E-state index in [1.165, 1.54) is 6.07 Å². The van der Waals surface area contributed by atoms with E-state index < -0.39 is 17.7 Å². The number of pyridine rings is 1. The van der Waals surface area contributed by atoms with Crippen molar-refractivity contribution in [1.29, 1.82) is 0 Å². The van der Waals surface area contributed by atoms with Gasteiger partial charge in [-0.25, -0.2) is 9.18 Å².